The van der Waals surface area contributed by atoms with Crippen LogP contribution in [0.25, 0.3) is 0 Å². The molecule has 0 unspecified atom stereocenters. The fourth-order valence-corrected chi connectivity index (χ4v) is 3.12. The average Bonchev–Trinajstić information content (AvgIpc) is 2.73. The standard InChI is InChI=1S/C16H24N2O3S/c1-17(22(2,20)21)13-16(19)18-11-7-6-10-15(12-18)14-8-4-3-5-9-14/h3-5,8-9,15H,6-7,10-13H2,1-2H3/t15-/m0/s1. The van der Waals surface area contributed by atoms with Crippen LogP contribution < -0.4 is 0 Å². The largest absolute Gasteiger partial charge is 0.341 e. The Morgan fingerprint density at radius 1 is 1.27 bits per heavy atom. The molecule has 0 radical (unpaired) electrons. The van der Waals surface area contributed by atoms with Gasteiger partial charge in [-0.2, -0.15) is 4.31 Å². The summed E-state index contributed by atoms with van der Waals surface area (Å²) >= 11 is 0. The fourth-order valence-electron chi connectivity index (χ4n) is 2.77. The number of rotatable bonds is 4. The van der Waals surface area contributed by atoms with E-state index in [0.717, 1.165) is 29.8 Å². The van der Waals surface area contributed by atoms with E-state index in [1.807, 2.05) is 23.1 Å². The van der Waals surface area contributed by atoms with Crippen LogP contribution in [-0.4, -0.2) is 56.5 Å². The molecule has 1 aliphatic rings. The molecule has 1 aromatic rings. The van der Waals surface area contributed by atoms with Crippen LogP contribution in [0.4, 0.5) is 0 Å². The summed E-state index contributed by atoms with van der Waals surface area (Å²) in [6, 6.07) is 10.2. The third-order valence-electron chi connectivity index (χ3n) is 4.22. The second kappa shape index (κ2) is 7.24. The summed E-state index contributed by atoms with van der Waals surface area (Å²) in [7, 11) is -1.88. The zero-order valence-corrected chi connectivity index (χ0v) is 14.1. The van der Waals surface area contributed by atoms with Gasteiger partial charge >= 0.3 is 0 Å². The number of carbonyl (C=O) groups excluding carboxylic acids is 1. The first-order valence-corrected chi connectivity index (χ1v) is 9.47. The minimum absolute atomic E-state index is 0.0830. The first-order chi connectivity index (χ1) is 10.4. The number of amides is 1. The van der Waals surface area contributed by atoms with Crippen molar-refractivity contribution in [2.75, 3.05) is 32.9 Å². The van der Waals surface area contributed by atoms with Gasteiger partial charge in [0.25, 0.3) is 0 Å². The zero-order valence-electron chi connectivity index (χ0n) is 13.2. The molecule has 122 valence electrons. The summed E-state index contributed by atoms with van der Waals surface area (Å²) in [5.41, 5.74) is 1.25. The maximum Gasteiger partial charge on any atom is 0.237 e. The van der Waals surface area contributed by atoms with Crippen molar-refractivity contribution in [3.8, 4) is 0 Å². The van der Waals surface area contributed by atoms with Gasteiger partial charge in [0, 0.05) is 26.1 Å². The van der Waals surface area contributed by atoms with Crippen molar-refractivity contribution in [3.05, 3.63) is 35.9 Å². The number of carbonyl (C=O) groups is 1. The minimum Gasteiger partial charge on any atom is -0.341 e. The normalized spacial score (nSPS) is 20.0. The molecular weight excluding hydrogens is 300 g/mol. The maximum absolute atomic E-state index is 12.4. The van der Waals surface area contributed by atoms with Crippen molar-refractivity contribution in [2.45, 2.75) is 25.2 Å². The van der Waals surface area contributed by atoms with Crippen LogP contribution in [-0.2, 0) is 14.8 Å². The first kappa shape index (κ1) is 17.0. The number of hydrogen-bond acceptors (Lipinski definition) is 3. The van der Waals surface area contributed by atoms with Crippen molar-refractivity contribution in [3.63, 3.8) is 0 Å². The lowest BCUT2D eigenvalue weighted by molar-refractivity contribution is -0.131. The van der Waals surface area contributed by atoms with E-state index in [-0.39, 0.29) is 12.5 Å². The summed E-state index contributed by atoms with van der Waals surface area (Å²) in [6.07, 6.45) is 4.24. The van der Waals surface area contributed by atoms with Crippen molar-refractivity contribution in [1.82, 2.24) is 9.21 Å². The second-order valence-corrected chi connectivity index (χ2v) is 8.05. The van der Waals surface area contributed by atoms with Crippen LogP contribution >= 0.6 is 0 Å². The predicted molar refractivity (Wildman–Crippen MR) is 87.1 cm³/mol. The smallest absolute Gasteiger partial charge is 0.237 e. The third-order valence-corrected chi connectivity index (χ3v) is 5.48. The van der Waals surface area contributed by atoms with Gasteiger partial charge < -0.3 is 4.90 Å². The Balaban J connectivity index is 2.05. The highest BCUT2D eigenvalue weighted by atomic mass is 32.2. The Hall–Kier alpha value is -1.40. The molecule has 22 heavy (non-hydrogen) atoms. The van der Waals surface area contributed by atoms with Crippen molar-refractivity contribution >= 4 is 15.9 Å². The molecule has 2 rings (SSSR count). The molecule has 1 fully saturated rings. The number of likely N-dealkylation sites (N-methyl/N-ethyl adjacent to an activating group) is 1. The lowest BCUT2D eigenvalue weighted by Crippen LogP contribution is -2.42. The van der Waals surface area contributed by atoms with E-state index in [0.29, 0.717) is 19.0 Å². The highest BCUT2D eigenvalue weighted by Crippen LogP contribution is 2.26. The molecule has 1 atom stereocenters. The topological polar surface area (TPSA) is 57.7 Å². The van der Waals surface area contributed by atoms with Crippen molar-refractivity contribution < 1.29 is 13.2 Å². The minimum atomic E-state index is -3.33. The van der Waals surface area contributed by atoms with Gasteiger partial charge in [0.05, 0.1) is 12.8 Å². The Kier molecular flexibility index (Phi) is 5.58. The highest BCUT2D eigenvalue weighted by Gasteiger charge is 2.25. The van der Waals surface area contributed by atoms with Gasteiger partial charge in [-0.1, -0.05) is 36.8 Å². The summed E-state index contributed by atoms with van der Waals surface area (Å²) < 4.78 is 24.0. The predicted octanol–water partition coefficient (Wildman–Crippen LogP) is 1.67. The van der Waals surface area contributed by atoms with Crippen LogP contribution in [0, 0.1) is 0 Å². The molecule has 0 N–H and O–H groups in total. The van der Waals surface area contributed by atoms with E-state index in [4.69, 9.17) is 0 Å². The van der Waals surface area contributed by atoms with Crippen LogP contribution in [0.1, 0.15) is 30.7 Å². The molecular formula is C16H24N2O3S. The summed E-state index contributed by atoms with van der Waals surface area (Å²) in [6.45, 7) is 1.29. The zero-order chi connectivity index (χ0) is 16.2. The molecule has 0 aromatic heterocycles. The van der Waals surface area contributed by atoms with Crippen molar-refractivity contribution in [1.29, 1.82) is 0 Å². The molecule has 6 heteroatoms. The molecule has 1 saturated heterocycles. The molecule has 0 spiro atoms. The Morgan fingerprint density at radius 2 is 1.95 bits per heavy atom. The number of benzene rings is 1. The molecule has 5 nitrogen and oxygen atoms in total. The molecule has 1 aromatic carbocycles. The number of sulfonamides is 1. The van der Waals surface area contributed by atoms with Gasteiger partial charge in [-0.3, -0.25) is 4.79 Å². The van der Waals surface area contributed by atoms with Crippen molar-refractivity contribution in [2.24, 2.45) is 0 Å². The number of likely N-dealkylation sites (tertiary alicyclic amines) is 1. The van der Waals surface area contributed by atoms with Gasteiger partial charge in [-0.05, 0) is 18.4 Å². The molecule has 0 aliphatic carbocycles. The van der Waals surface area contributed by atoms with E-state index < -0.39 is 10.0 Å². The quantitative estimate of drug-likeness (QED) is 0.846. The number of hydrogen-bond donors (Lipinski definition) is 0. The van der Waals surface area contributed by atoms with E-state index >= 15 is 0 Å². The van der Waals surface area contributed by atoms with Gasteiger partial charge in [0.2, 0.25) is 15.9 Å². The molecule has 1 amide bonds. The lowest BCUT2D eigenvalue weighted by atomic mass is 9.94. The van der Waals surface area contributed by atoms with Gasteiger partial charge in [-0.15, -0.1) is 0 Å². The van der Waals surface area contributed by atoms with Gasteiger partial charge in [-0.25, -0.2) is 8.42 Å². The van der Waals surface area contributed by atoms with Gasteiger partial charge in [0.1, 0.15) is 0 Å². The summed E-state index contributed by atoms with van der Waals surface area (Å²) in [4.78, 5) is 14.2. The average molecular weight is 324 g/mol. The molecule has 0 bridgehead atoms. The lowest BCUT2D eigenvalue weighted by Gasteiger charge is -2.26. The third kappa shape index (κ3) is 4.55. The monoisotopic (exact) mass is 324 g/mol. The Bertz CT molecular complexity index is 601. The van der Waals surface area contributed by atoms with E-state index in [1.165, 1.54) is 12.6 Å². The summed E-state index contributed by atoms with van der Waals surface area (Å²) in [5.74, 6) is 0.215. The van der Waals surface area contributed by atoms with E-state index in [2.05, 4.69) is 12.1 Å². The van der Waals surface area contributed by atoms with E-state index in [9.17, 15) is 13.2 Å². The van der Waals surface area contributed by atoms with Crippen LogP contribution in [0.15, 0.2) is 30.3 Å². The number of nitrogens with zero attached hydrogens (tertiary/aromatic N) is 2. The Labute approximate surface area is 133 Å². The van der Waals surface area contributed by atoms with Crippen LogP contribution in [0.3, 0.4) is 0 Å². The molecule has 1 aliphatic heterocycles. The first-order valence-electron chi connectivity index (χ1n) is 7.62. The Morgan fingerprint density at radius 3 is 2.59 bits per heavy atom. The highest BCUT2D eigenvalue weighted by molar-refractivity contribution is 7.88. The summed E-state index contributed by atoms with van der Waals surface area (Å²) in [5, 5.41) is 0. The molecule has 0 saturated carbocycles. The van der Waals surface area contributed by atoms with E-state index in [1.54, 1.807) is 0 Å². The molecule has 1 heterocycles. The maximum atomic E-state index is 12.4. The van der Waals surface area contributed by atoms with Crippen LogP contribution in [0.5, 0.6) is 0 Å². The van der Waals surface area contributed by atoms with Crippen LogP contribution in [0.2, 0.25) is 0 Å². The SMILES string of the molecule is CN(CC(=O)N1CCCC[C@H](c2ccccc2)C1)S(C)(=O)=O. The van der Waals surface area contributed by atoms with Gasteiger partial charge in [0.15, 0.2) is 0 Å². The fraction of sp³-hybridized carbons (Fsp3) is 0.562. The second-order valence-electron chi connectivity index (χ2n) is 5.96.